The highest BCUT2D eigenvalue weighted by Gasteiger charge is 2.16. The second-order valence-electron chi connectivity index (χ2n) is 7.31. The maximum absolute atomic E-state index is 10.4. The van der Waals surface area contributed by atoms with Gasteiger partial charge < -0.3 is 24.5 Å². The van der Waals surface area contributed by atoms with Gasteiger partial charge in [-0.05, 0) is 24.6 Å². The van der Waals surface area contributed by atoms with Crippen LogP contribution in [0.25, 0.3) is 33.3 Å². The highest BCUT2D eigenvalue weighted by molar-refractivity contribution is 5.98. The van der Waals surface area contributed by atoms with Crippen molar-refractivity contribution in [3.05, 3.63) is 42.5 Å². The number of nitrogens with zero attached hydrogens (tertiary/aromatic N) is 2. The number of hydrogen-bond acceptors (Lipinski definition) is 5. The Morgan fingerprint density at radius 3 is 2.83 bits per heavy atom. The molecule has 0 aliphatic carbocycles. The number of nitrogens with one attached hydrogen (secondary N) is 2. The Morgan fingerprint density at radius 2 is 1.93 bits per heavy atom. The zero-order valence-electron chi connectivity index (χ0n) is 16.1. The number of para-hydroxylation sites is 1. The van der Waals surface area contributed by atoms with E-state index in [1.54, 1.807) is 0 Å². The Bertz CT molecular complexity index is 1130. The largest absolute Gasteiger partial charge is 0.494 e. The fraction of sp³-hybridized carbons (Fsp3) is 0.318. The van der Waals surface area contributed by atoms with Gasteiger partial charge in [0, 0.05) is 36.6 Å². The van der Waals surface area contributed by atoms with Crippen LogP contribution in [-0.4, -0.2) is 64.4 Å². The Morgan fingerprint density at radius 1 is 1.07 bits per heavy atom. The van der Waals surface area contributed by atoms with Gasteiger partial charge in [-0.25, -0.2) is 4.98 Å². The maximum atomic E-state index is 10.4. The minimum absolute atomic E-state index is 0.116. The number of fused-ring (bicyclic) bond motifs is 2. The molecule has 0 atom stereocenters. The molecule has 1 aliphatic rings. The molecule has 0 spiro atoms. The van der Waals surface area contributed by atoms with Crippen LogP contribution in [0.2, 0.25) is 0 Å². The molecular formula is C22H24N4O3. The molecule has 0 saturated carbocycles. The molecule has 3 heterocycles. The minimum Gasteiger partial charge on any atom is -0.494 e. The van der Waals surface area contributed by atoms with Crippen molar-refractivity contribution in [3.63, 3.8) is 0 Å². The molecule has 0 unspecified atom stereocenters. The van der Waals surface area contributed by atoms with E-state index in [2.05, 4.69) is 19.9 Å². The summed E-state index contributed by atoms with van der Waals surface area (Å²) in [6, 6.07) is 13.6. The number of aromatic nitrogens is 3. The number of benzene rings is 2. The molecule has 0 radical (unpaired) electrons. The van der Waals surface area contributed by atoms with E-state index in [1.807, 2.05) is 42.5 Å². The van der Waals surface area contributed by atoms with E-state index in [1.165, 1.54) is 0 Å². The number of imidazole rings is 1. The molecule has 4 aromatic rings. The summed E-state index contributed by atoms with van der Waals surface area (Å²) in [5, 5.41) is 11.3. The fourth-order valence-electron chi connectivity index (χ4n) is 3.87. The van der Waals surface area contributed by atoms with Crippen molar-refractivity contribution >= 4 is 21.9 Å². The molecule has 0 amide bonds. The lowest BCUT2D eigenvalue weighted by atomic mass is 10.1. The van der Waals surface area contributed by atoms with E-state index in [9.17, 15) is 5.11 Å². The third-order valence-electron chi connectivity index (χ3n) is 5.37. The fourth-order valence-corrected chi connectivity index (χ4v) is 3.87. The van der Waals surface area contributed by atoms with Crippen molar-refractivity contribution in [2.75, 3.05) is 39.5 Å². The lowest BCUT2D eigenvalue weighted by Gasteiger charge is -2.26. The van der Waals surface area contributed by atoms with Gasteiger partial charge in [0.2, 0.25) is 5.88 Å². The Hall–Kier alpha value is -3.03. The first-order chi connectivity index (χ1) is 14.3. The van der Waals surface area contributed by atoms with Crippen LogP contribution in [-0.2, 0) is 4.74 Å². The standard InChI is InChI=1S/C22H24N4O3/c27-22-20(16-4-1-2-5-17(16)25-22)21-23-18-7-6-15(14-19(18)24-21)29-11-3-8-26-9-12-28-13-10-26/h1-2,4-7,14,25,27H,3,8-13H2,(H,23,24). The Kier molecular flexibility index (Phi) is 4.83. The van der Waals surface area contributed by atoms with Crippen molar-refractivity contribution in [2.24, 2.45) is 0 Å². The smallest absolute Gasteiger partial charge is 0.200 e. The van der Waals surface area contributed by atoms with E-state index in [4.69, 9.17) is 9.47 Å². The SMILES string of the molecule is Oc1[nH]c2ccccc2c1-c1nc2ccc(OCCCN3CCOCC3)cc2[nH]1. The number of ether oxygens (including phenoxy) is 2. The van der Waals surface area contributed by atoms with Gasteiger partial charge in [-0.15, -0.1) is 0 Å². The van der Waals surface area contributed by atoms with Gasteiger partial charge in [0.25, 0.3) is 0 Å². The average Bonchev–Trinajstić information content (AvgIpc) is 3.31. The Labute approximate surface area is 168 Å². The van der Waals surface area contributed by atoms with Crippen LogP contribution in [0.15, 0.2) is 42.5 Å². The number of H-pyrrole nitrogens is 2. The quantitative estimate of drug-likeness (QED) is 0.437. The third kappa shape index (κ3) is 3.66. The maximum Gasteiger partial charge on any atom is 0.200 e. The lowest BCUT2D eigenvalue weighted by molar-refractivity contribution is 0.0358. The van der Waals surface area contributed by atoms with Crippen molar-refractivity contribution in [1.82, 2.24) is 19.9 Å². The lowest BCUT2D eigenvalue weighted by Crippen LogP contribution is -2.37. The predicted molar refractivity (Wildman–Crippen MR) is 112 cm³/mol. The zero-order chi connectivity index (χ0) is 19.6. The van der Waals surface area contributed by atoms with Gasteiger partial charge >= 0.3 is 0 Å². The second kappa shape index (κ2) is 7.77. The highest BCUT2D eigenvalue weighted by atomic mass is 16.5. The summed E-state index contributed by atoms with van der Waals surface area (Å²) < 4.78 is 11.3. The van der Waals surface area contributed by atoms with Crippen LogP contribution < -0.4 is 4.74 Å². The summed E-state index contributed by atoms with van der Waals surface area (Å²) in [4.78, 5) is 13.4. The van der Waals surface area contributed by atoms with Crippen molar-refractivity contribution in [2.45, 2.75) is 6.42 Å². The van der Waals surface area contributed by atoms with E-state index < -0.39 is 0 Å². The summed E-state index contributed by atoms with van der Waals surface area (Å²) in [7, 11) is 0. The first-order valence-electron chi connectivity index (χ1n) is 10.0. The van der Waals surface area contributed by atoms with Gasteiger partial charge in [0.05, 0.1) is 36.4 Å². The van der Waals surface area contributed by atoms with Crippen LogP contribution in [0.1, 0.15) is 6.42 Å². The minimum atomic E-state index is 0.116. The molecule has 7 heteroatoms. The highest BCUT2D eigenvalue weighted by Crippen LogP contribution is 2.36. The van der Waals surface area contributed by atoms with Gasteiger partial charge in [-0.1, -0.05) is 18.2 Å². The summed E-state index contributed by atoms with van der Waals surface area (Å²) in [5.74, 6) is 1.57. The van der Waals surface area contributed by atoms with Crippen molar-refractivity contribution in [3.8, 4) is 23.0 Å². The summed E-state index contributed by atoms with van der Waals surface area (Å²) in [5.41, 5.74) is 3.29. The number of aromatic hydroxyl groups is 1. The topological polar surface area (TPSA) is 86.4 Å². The molecular weight excluding hydrogens is 368 g/mol. The van der Waals surface area contributed by atoms with Gasteiger partial charge in [-0.3, -0.25) is 4.90 Å². The van der Waals surface area contributed by atoms with Crippen molar-refractivity contribution in [1.29, 1.82) is 0 Å². The van der Waals surface area contributed by atoms with E-state index >= 15 is 0 Å². The molecule has 2 aromatic carbocycles. The third-order valence-corrected chi connectivity index (χ3v) is 5.37. The van der Waals surface area contributed by atoms with E-state index in [-0.39, 0.29) is 5.88 Å². The average molecular weight is 392 g/mol. The van der Waals surface area contributed by atoms with Crippen LogP contribution >= 0.6 is 0 Å². The van der Waals surface area contributed by atoms with Gasteiger partial charge in [-0.2, -0.15) is 0 Å². The summed E-state index contributed by atoms with van der Waals surface area (Å²) >= 11 is 0. The first kappa shape index (κ1) is 18.0. The van der Waals surface area contributed by atoms with Crippen LogP contribution in [0.4, 0.5) is 0 Å². The van der Waals surface area contributed by atoms with Gasteiger partial charge in [0.15, 0.2) is 0 Å². The van der Waals surface area contributed by atoms with Gasteiger partial charge in [0.1, 0.15) is 11.6 Å². The second-order valence-corrected chi connectivity index (χ2v) is 7.31. The molecule has 0 bridgehead atoms. The number of aromatic amines is 2. The molecule has 29 heavy (non-hydrogen) atoms. The number of hydrogen-bond donors (Lipinski definition) is 3. The van der Waals surface area contributed by atoms with Crippen LogP contribution in [0.5, 0.6) is 11.6 Å². The molecule has 7 nitrogen and oxygen atoms in total. The van der Waals surface area contributed by atoms with E-state index in [0.29, 0.717) is 18.0 Å². The first-order valence-corrected chi connectivity index (χ1v) is 10.0. The summed E-state index contributed by atoms with van der Waals surface area (Å²) in [6.07, 6.45) is 0.982. The molecule has 1 aliphatic heterocycles. The molecule has 1 saturated heterocycles. The zero-order valence-corrected chi connectivity index (χ0v) is 16.1. The van der Waals surface area contributed by atoms with Crippen molar-refractivity contribution < 1.29 is 14.6 Å². The predicted octanol–water partition coefficient (Wildman–Crippen LogP) is 3.52. The van der Waals surface area contributed by atoms with Crippen LogP contribution in [0.3, 0.4) is 0 Å². The molecule has 5 rings (SSSR count). The molecule has 3 N–H and O–H groups in total. The summed E-state index contributed by atoms with van der Waals surface area (Å²) in [6.45, 7) is 5.36. The van der Waals surface area contributed by atoms with Crippen LogP contribution in [0, 0.1) is 0 Å². The Balaban J connectivity index is 1.30. The molecule has 150 valence electrons. The normalized spacial score (nSPS) is 15.3. The monoisotopic (exact) mass is 392 g/mol. The molecule has 2 aromatic heterocycles. The van der Waals surface area contributed by atoms with E-state index in [0.717, 1.165) is 67.0 Å². The number of morpholine rings is 1. The number of rotatable bonds is 6. The molecule has 1 fully saturated rings.